The van der Waals surface area contributed by atoms with Gasteiger partial charge in [0.15, 0.2) is 0 Å². The Kier molecular flexibility index (Phi) is 3.81. The standard InChI is InChI=1S/C11H15ClN4O/c12-10-8(7-13)1-3-15-11(10)16-5-2-9(17)14-4-6-16/h1,3H,2,4-7,13H2,(H,14,17). The third kappa shape index (κ3) is 2.68. The molecule has 2 heterocycles. The molecule has 1 aromatic rings. The van der Waals surface area contributed by atoms with E-state index < -0.39 is 0 Å². The Morgan fingerprint density at radius 2 is 2.35 bits per heavy atom. The molecule has 0 bridgehead atoms. The molecular formula is C11H15ClN4O. The highest BCUT2D eigenvalue weighted by Crippen LogP contribution is 2.26. The summed E-state index contributed by atoms with van der Waals surface area (Å²) in [6, 6.07) is 1.81. The van der Waals surface area contributed by atoms with E-state index in [9.17, 15) is 4.79 Å². The van der Waals surface area contributed by atoms with Crippen LogP contribution < -0.4 is 16.0 Å². The zero-order valence-corrected chi connectivity index (χ0v) is 10.2. The highest BCUT2D eigenvalue weighted by molar-refractivity contribution is 6.33. The number of amides is 1. The van der Waals surface area contributed by atoms with E-state index in [0.29, 0.717) is 43.4 Å². The van der Waals surface area contributed by atoms with E-state index in [1.54, 1.807) is 6.20 Å². The van der Waals surface area contributed by atoms with Gasteiger partial charge in [-0.25, -0.2) is 4.98 Å². The molecular weight excluding hydrogens is 240 g/mol. The molecule has 0 radical (unpaired) electrons. The third-order valence-corrected chi connectivity index (χ3v) is 3.19. The van der Waals surface area contributed by atoms with Crippen molar-refractivity contribution in [3.63, 3.8) is 0 Å². The van der Waals surface area contributed by atoms with E-state index in [2.05, 4.69) is 10.3 Å². The molecule has 1 aliphatic heterocycles. The van der Waals surface area contributed by atoms with Crippen LogP contribution in [-0.4, -0.2) is 30.5 Å². The lowest BCUT2D eigenvalue weighted by atomic mass is 10.2. The number of carbonyl (C=O) groups excluding carboxylic acids is 1. The lowest BCUT2D eigenvalue weighted by Crippen LogP contribution is -2.29. The van der Waals surface area contributed by atoms with Crippen molar-refractivity contribution in [2.24, 2.45) is 5.73 Å². The molecule has 17 heavy (non-hydrogen) atoms. The first-order chi connectivity index (χ1) is 8.22. The third-order valence-electron chi connectivity index (χ3n) is 2.78. The summed E-state index contributed by atoms with van der Waals surface area (Å²) in [6.07, 6.45) is 2.16. The summed E-state index contributed by atoms with van der Waals surface area (Å²) in [7, 11) is 0. The number of halogens is 1. The number of nitrogens with zero attached hydrogens (tertiary/aromatic N) is 2. The Balaban J connectivity index is 2.24. The highest BCUT2D eigenvalue weighted by Gasteiger charge is 2.18. The molecule has 1 aromatic heterocycles. The Labute approximate surface area is 105 Å². The van der Waals surface area contributed by atoms with Crippen molar-refractivity contribution in [3.8, 4) is 0 Å². The maximum absolute atomic E-state index is 11.3. The normalized spacial score (nSPS) is 16.6. The molecule has 5 nitrogen and oxygen atoms in total. The van der Waals surface area contributed by atoms with E-state index in [0.717, 1.165) is 5.56 Å². The summed E-state index contributed by atoms with van der Waals surface area (Å²) in [4.78, 5) is 17.5. The quantitative estimate of drug-likeness (QED) is 0.807. The Bertz CT molecular complexity index is 424. The summed E-state index contributed by atoms with van der Waals surface area (Å²) < 4.78 is 0. The van der Waals surface area contributed by atoms with E-state index in [-0.39, 0.29) is 5.91 Å². The molecule has 0 aliphatic carbocycles. The van der Waals surface area contributed by atoms with Gasteiger partial charge < -0.3 is 16.0 Å². The van der Waals surface area contributed by atoms with Crippen molar-refractivity contribution >= 4 is 23.3 Å². The fraction of sp³-hybridized carbons (Fsp3) is 0.455. The summed E-state index contributed by atoms with van der Waals surface area (Å²) in [6.45, 7) is 2.35. The lowest BCUT2D eigenvalue weighted by molar-refractivity contribution is -0.120. The van der Waals surface area contributed by atoms with Crippen LogP contribution in [0.1, 0.15) is 12.0 Å². The second-order valence-corrected chi connectivity index (χ2v) is 4.28. The van der Waals surface area contributed by atoms with Crippen molar-refractivity contribution in [1.29, 1.82) is 0 Å². The molecule has 1 aliphatic rings. The summed E-state index contributed by atoms with van der Waals surface area (Å²) >= 11 is 6.24. The van der Waals surface area contributed by atoms with Gasteiger partial charge in [-0.3, -0.25) is 4.79 Å². The molecule has 0 aromatic carbocycles. The SMILES string of the molecule is NCc1ccnc(N2CCNC(=O)CC2)c1Cl. The van der Waals surface area contributed by atoms with E-state index >= 15 is 0 Å². The fourth-order valence-corrected chi connectivity index (χ4v) is 2.14. The van der Waals surface area contributed by atoms with Gasteiger partial charge in [0.25, 0.3) is 0 Å². The smallest absolute Gasteiger partial charge is 0.221 e. The molecule has 6 heteroatoms. The first-order valence-corrected chi connectivity index (χ1v) is 5.95. The van der Waals surface area contributed by atoms with E-state index in [4.69, 9.17) is 17.3 Å². The topological polar surface area (TPSA) is 71.2 Å². The van der Waals surface area contributed by atoms with Gasteiger partial charge in [0.1, 0.15) is 5.82 Å². The van der Waals surface area contributed by atoms with Crippen LogP contribution in [0.5, 0.6) is 0 Å². The Hall–Kier alpha value is -1.33. The van der Waals surface area contributed by atoms with Crippen molar-refractivity contribution in [3.05, 3.63) is 22.8 Å². The minimum absolute atomic E-state index is 0.0681. The van der Waals surface area contributed by atoms with Crippen molar-refractivity contribution in [2.75, 3.05) is 24.5 Å². The number of nitrogens with one attached hydrogen (secondary N) is 1. The number of aromatic nitrogens is 1. The van der Waals surface area contributed by atoms with Gasteiger partial charge in [-0.1, -0.05) is 11.6 Å². The van der Waals surface area contributed by atoms with Crippen molar-refractivity contribution in [2.45, 2.75) is 13.0 Å². The molecule has 92 valence electrons. The van der Waals surface area contributed by atoms with Gasteiger partial charge in [0, 0.05) is 38.8 Å². The van der Waals surface area contributed by atoms with Crippen LogP contribution in [0.25, 0.3) is 0 Å². The average molecular weight is 255 g/mol. The number of nitrogens with two attached hydrogens (primary N) is 1. The van der Waals surface area contributed by atoms with E-state index in [1.807, 2.05) is 11.0 Å². The molecule has 1 saturated heterocycles. The monoisotopic (exact) mass is 254 g/mol. The minimum atomic E-state index is 0.0681. The molecule has 3 N–H and O–H groups in total. The van der Waals surface area contributed by atoms with Crippen LogP contribution in [0.15, 0.2) is 12.3 Å². The number of hydrogen-bond acceptors (Lipinski definition) is 4. The molecule has 0 saturated carbocycles. The second-order valence-electron chi connectivity index (χ2n) is 3.90. The molecule has 0 atom stereocenters. The lowest BCUT2D eigenvalue weighted by Gasteiger charge is -2.22. The molecule has 1 fully saturated rings. The fourth-order valence-electron chi connectivity index (χ4n) is 1.83. The molecule has 0 unspecified atom stereocenters. The summed E-state index contributed by atoms with van der Waals surface area (Å²) in [5.74, 6) is 0.782. The van der Waals surface area contributed by atoms with E-state index in [1.165, 1.54) is 0 Å². The van der Waals surface area contributed by atoms with Gasteiger partial charge in [-0.05, 0) is 11.6 Å². The van der Waals surface area contributed by atoms with Crippen molar-refractivity contribution in [1.82, 2.24) is 10.3 Å². The molecule has 1 amide bonds. The largest absolute Gasteiger partial charge is 0.354 e. The number of rotatable bonds is 2. The maximum atomic E-state index is 11.3. The van der Waals surface area contributed by atoms with Crippen LogP contribution in [0.3, 0.4) is 0 Å². The van der Waals surface area contributed by atoms with Crippen molar-refractivity contribution < 1.29 is 4.79 Å². The highest BCUT2D eigenvalue weighted by atomic mass is 35.5. The summed E-state index contributed by atoms with van der Waals surface area (Å²) in [5, 5.41) is 3.40. The van der Waals surface area contributed by atoms with Gasteiger partial charge in [-0.15, -0.1) is 0 Å². The zero-order chi connectivity index (χ0) is 12.3. The predicted molar refractivity (Wildman–Crippen MR) is 67.0 cm³/mol. The van der Waals surface area contributed by atoms with Crippen LogP contribution in [0, 0.1) is 0 Å². The molecule has 0 spiro atoms. The molecule has 2 rings (SSSR count). The number of pyridine rings is 1. The average Bonchev–Trinajstić information content (AvgIpc) is 2.54. The Morgan fingerprint density at radius 3 is 3.12 bits per heavy atom. The second kappa shape index (κ2) is 5.33. The van der Waals surface area contributed by atoms with Gasteiger partial charge >= 0.3 is 0 Å². The number of anilines is 1. The first kappa shape index (κ1) is 12.1. The van der Waals surface area contributed by atoms with Crippen LogP contribution >= 0.6 is 11.6 Å². The number of hydrogen-bond donors (Lipinski definition) is 2. The predicted octanol–water partition coefficient (Wildman–Crippen LogP) is 0.520. The maximum Gasteiger partial charge on any atom is 0.221 e. The van der Waals surface area contributed by atoms with Gasteiger partial charge in [-0.2, -0.15) is 0 Å². The Morgan fingerprint density at radius 1 is 1.53 bits per heavy atom. The number of carbonyl (C=O) groups is 1. The van der Waals surface area contributed by atoms with Gasteiger partial charge in [0.2, 0.25) is 5.91 Å². The van der Waals surface area contributed by atoms with Crippen LogP contribution in [0.4, 0.5) is 5.82 Å². The summed E-state index contributed by atoms with van der Waals surface area (Å²) in [5.41, 5.74) is 6.48. The zero-order valence-electron chi connectivity index (χ0n) is 9.45. The van der Waals surface area contributed by atoms with Gasteiger partial charge in [0.05, 0.1) is 5.02 Å². The minimum Gasteiger partial charge on any atom is -0.354 e. The van der Waals surface area contributed by atoms with Crippen LogP contribution in [0.2, 0.25) is 5.02 Å². The first-order valence-electron chi connectivity index (χ1n) is 5.57. The van der Waals surface area contributed by atoms with Crippen LogP contribution in [-0.2, 0) is 11.3 Å².